The Hall–Kier alpha value is -2.69. The average molecular weight is 383 g/mol. The third kappa shape index (κ3) is 4.41. The summed E-state index contributed by atoms with van der Waals surface area (Å²) in [5.74, 6) is 1.48. The number of ether oxygens (including phenoxy) is 3. The molecule has 0 saturated heterocycles. The van der Waals surface area contributed by atoms with Crippen molar-refractivity contribution in [1.29, 1.82) is 0 Å². The molecule has 1 amide bonds. The second-order valence-corrected chi connectivity index (χ2v) is 8.04. The normalized spacial score (nSPS) is 16.3. The van der Waals surface area contributed by atoms with Crippen molar-refractivity contribution in [2.24, 2.45) is 0 Å². The number of benzene rings is 2. The molecule has 3 rings (SSSR count). The molecule has 1 aliphatic rings. The number of carbonyl (C=O) groups excluding carboxylic acids is 1. The molecule has 0 fully saturated rings. The van der Waals surface area contributed by atoms with Gasteiger partial charge in [0.2, 0.25) is 0 Å². The van der Waals surface area contributed by atoms with E-state index in [1.165, 1.54) is 0 Å². The number of hydrogen-bond acceptors (Lipinski definition) is 4. The molecule has 1 unspecified atom stereocenters. The van der Waals surface area contributed by atoms with E-state index in [1.54, 1.807) is 12.0 Å². The van der Waals surface area contributed by atoms with E-state index in [0.29, 0.717) is 19.6 Å². The summed E-state index contributed by atoms with van der Waals surface area (Å²) in [6.07, 6.45) is 0.416. The van der Waals surface area contributed by atoms with Crippen LogP contribution in [0.4, 0.5) is 4.79 Å². The summed E-state index contributed by atoms with van der Waals surface area (Å²) in [6.45, 7) is 8.73. The molecule has 1 aliphatic heterocycles. The Morgan fingerprint density at radius 2 is 1.86 bits per heavy atom. The van der Waals surface area contributed by atoms with Gasteiger partial charge in [-0.15, -0.1) is 0 Å². The van der Waals surface area contributed by atoms with Gasteiger partial charge in [-0.25, -0.2) is 4.79 Å². The molecule has 150 valence electrons. The summed E-state index contributed by atoms with van der Waals surface area (Å²) < 4.78 is 17.3. The van der Waals surface area contributed by atoms with E-state index >= 15 is 0 Å². The van der Waals surface area contributed by atoms with Gasteiger partial charge in [0.25, 0.3) is 0 Å². The monoisotopic (exact) mass is 383 g/mol. The lowest BCUT2D eigenvalue weighted by Gasteiger charge is -2.37. The number of hydrogen-bond donors (Lipinski definition) is 0. The number of carbonyl (C=O) groups is 1. The third-order valence-electron chi connectivity index (χ3n) is 4.85. The first-order valence-corrected chi connectivity index (χ1v) is 9.66. The molecular formula is C23H29NO4. The van der Waals surface area contributed by atoms with E-state index < -0.39 is 5.60 Å². The topological polar surface area (TPSA) is 48.0 Å². The molecule has 1 atom stereocenters. The van der Waals surface area contributed by atoms with Gasteiger partial charge in [-0.05, 0) is 51.3 Å². The Kier molecular flexibility index (Phi) is 5.82. The van der Waals surface area contributed by atoms with Crippen LogP contribution >= 0.6 is 0 Å². The zero-order valence-corrected chi connectivity index (χ0v) is 17.3. The van der Waals surface area contributed by atoms with Crippen LogP contribution in [0.5, 0.6) is 11.5 Å². The molecule has 1 heterocycles. The summed E-state index contributed by atoms with van der Waals surface area (Å²) >= 11 is 0. The highest BCUT2D eigenvalue weighted by Crippen LogP contribution is 2.41. The third-order valence-corrected chi connectivity index (χ3v) is 4.85. The maximum Gasteiger partial charge on any atom is 0.410 e. The Bertz CT molecular complexity index is 826. The lowest BCUT2D eigenvalue weighted by molar-refractivity contribution is 0.0158. The highest BCUT2D eigenvalue weighted by Gasteiger charge is 2.33. The van der Waals surface area contributed by atoms with Gasteiger partial charge in [-0.2, -0.15) is 0 Å². The fraction of sp³-hybridized carbons (Fsp3) is 0.435. The largest absolute Gasteiger partial charge is 0.493 e. The smallest absolute Gasteiger partial charge is 0.410 e. The van der Waals surface area contributed by atoms with Gasteiger partial charge in [0.05, 0.1) is 13.2 Å². The maximum absolute atomic E-state index is 12.6. The SMILES string of the molecule is COc1c(OCc2ccccc2)ccc2c1CCN(C(=O)OC(C)(C)C)C2C. The first-order valence-electron chi connectivity index (χ1n) is 9.66. The van der Waals surface area contributed by atoms with Crippen LogP contribution in [0.15, 0.2) is 42.5 Å². The van der Waals surface area contributed by atoms with Crippen molar-refractivity contribution in [1.82, 2.24) is 4.90 Å². The summed E-state index contributed by atoms with van der Waals surface area (Å²) in [5.41, 5.74) is 2.76. The lowest BCUT2D eigenvalue weighted by Crippen LogP contribution is -2.42. The minimum Gasteiger partial charge on any atom is -0.493 e. The van der Waals surface area contributed by atoms with Crippen LogP contribution in [-0.4, -0.2) is 30.2 Å². The highest BCUT2D eigenvalue weighted by atomic mass is 16.6. The summed E-state index contributed by atoms with van der Waals surface area (Å²) in [5, 5.41) is 0. The van der Waals surface area contributed by atoms with Gasteiger partial charge < -0.3 is 19.1 Å². The van der Waals surface area contributed by atoms with Crippen LogP contribution in [0.2, 0.25) is 0 Å². The molecular weight excluding hydrogens is 354 g/mol. The molecule has 0 N–H and O–H groups in total. The Labute approximate surface area is 167 Å². The minimum atomic E-state index is -0.510. The molecule has 28 heavy (non-hydrogen) atoms. The summed E-state index contributed by atoms with van der Waals surface area (Å²) in [6, 6.07) is 13.9. The number of methoxy groups -OCH3 is 1. The van der Waals surface area contributed by atoms with Crippen molar-refractivity contribution in [3.63, 3.8) is 0 Å². The van der Waals surface area contributed by atoms with Gasteiger partial charge in [0, 0.05) is 12.1 Å². The second kappa shape index (κ2) is 8.13. The van der Waals surface area contributed by atoms with Crippen LogP contribution in [0.1, 0.15) is 50.4 Å². The van der Waals surface area contributed by atoms with Crippen LogP contribution < -0.4 is 9.47 Å². The van der Waals surface area contributed by atoms with Gasteiger partial charge in [-0.3, -0.25) is 0 Å². The average Bonchev–Trinajstić information content (AvgIpc) is 2.65. The zero-order chi connectivity index (χ0) is 20.3. The van der Waals surface area contributed by atoms with Crippen LogP contribution in [0, 0.1) is 0 Å². The van der Waals surface area contributed by atoms with Crippen LogP contribution in [-0.2, 0) is 17.8 Å². The van der Waals surface area contributed by atoms with Gasteiger partial charge in [0.1, 0.15) is 12.2 Å². The molecule has 5 heteroatoms. The second-order valence-electron chi connectivity index (χ2n) is 8.04. The van der Waals surface area contributed by atoms with Crippen molar-refractivity contribution in [3.8, 4) is 11.5 Å². The first kappa shape index (κ1) is 20.1. The fourth-order valence-corrected chi connectivity index (χ4v) is 3.51. The fourth-order valence-electron chi connectivity index (χ4n) is 3.51. The molecule has 0 spiro atoms. The predicted molar refractivity (Wildman–Crippen MR) is 109 cm³/mol. The van der Waals surface area contributed by atoms with Crippen LogP contribution in [0.3, 0.4) is 0 Å². The van der Waals surface area contributed by atoms with Crippen molar-refractivity contribution in [2.45, 2.75) is 52.4 Å². The van der Waals surface area contributed by atoms with Crippen molar-refractivity contribution >= 4 is 6.09 Å². The van der Waals surface area contributed by atoms with E-state index in [2.05, 4.69) is 0 Å². The van der Waals surface area contributed by atoms with Crippen molar-refractivity contribution in [3.05, 3.63) is 59.2 Å². The van der Waals surface area contributed by atoms with E-state index in [-0.39, 0.29) is 12.1 Å². The number of fused-ring (bicyclic) bond motifs is 1. The predicted octanol–water partition coefficient (Wildman–Crippen LogP) is 5.13. The zero-order valence-electron chi connectivity index (χ0n) is 17.3. The number of rotatable bonds is 4. The van der Waals surface area contributed by atoms with Gasteiger partial charge in [0.15, 0.2) is 11.5 Å². The van der Waals surface area contributed by atoms with E-state index in [9.17, 15) is 4.79 Å². The first-order chi connectivity index (χ1) is 13.3. The molecule has 2 aromatic carbocycles. The van der Waals surface area contributed by atoms with E-state index in [0.717, 1.165) is 28.2 Å². The lowest BCUT2D eigenvalue weighted by atomic mass is 9.92. The standard InChI is InChI=1S/C23H29NO4/c1-16-18-11-12-20(27-15-17-9-7-6-8-10-17)21(26-5)19(18)13-14-24(16)22(25)28-23(2,3)4/h6-12,16H,13-15H2,1-5H3. The maximum atomic E-state index is 12.6. The molecule has 0 aromatic heterocycles. The Morgan fingerprint density at radius 3 is 2.50 bits per heavy atom. The van der Waals surface area contributed by atoms with Crippen molar-refractivity contribution in [2.75, 3.05) is 13.7 Å². The van der Waals surface area contributed by atoms with E-state index in [1.807, 2.05) is 70.2 Å². The molecule has 5 nitrogen and oxygen atoms in total. The summed E-state index contributed by atoms with van der Waals surface area (Å²) in [4.78, 5) is 14.3. The van der Waals surface area contributed by atoms with E-state index in [4.69, 9.17) is 14.2 Å². The van der Waals surface area contributed by atoms with Crippen molar-refractivity contribution < 1.29 is 19.0 Å². The molecule has 0 bridgehead atoms. The highest BCUT2D eigenvalue weighted by molar-refractivity contribution is 5.70. The summed E-state index contributed by atoms with van der Waals surface area (Å²) in [7, 11) is 1.66. The number of amides is 1. The Morgan fingerprint density at radius 1 is 1.14 bits per heavy atom. The number of nitrogens with zero attached hydrogens (tertiary/aromatic N) is 1. The Balaban J connectivity index is 1.81. The minimum absolute atomic E-state index is 0.0873. The van der Waals surface area contributed by atoms with Crippen LogP contribution in [0.25, 0.3) is 0 Å². The molecule has 0 saturated carbocycles. The molecule has 0 aliphatic carbocycles. The van der Waals surface area contributed by atoms with Gasteiger partial charge >= 0.3 is 6.09 Å². The quantitative estimate of drug-likeness (QED) is 0.734. The molecule has 0 radical (unpaired) electrons. The molecule has 2 aromatic rings. The van der Waals surface area contributed by atoms with Gasteiger partial charge in [-0.1, -0.05) is 36.4 Å².